The van der Waals surface area contributed by atoms with Crippen LogP contribution in [0, 0.1) is 5.21 Å². The third-order valence-corrected chi connectivity index (χ3v) is 2.23. The summed E-state index contributed by atoms with van der Waals surface area (Å²) in [5.74, 6) is -0.126. The van der Waals surface area contributed by atoms with Crippen molar-refractivity contribution in [1.82, 2.24) is 15.0 Å². The Morgan fingerprint density at radius 2 is 2.17 bits per heavy atom. The molecule has 94 valence electrons. The van der Waals surface area contributed by atoms with Gasteiger partial charge in [-0.2, -0.15) is 0 Å². The SMILES string of the molecule is CCOC(=O)Cn1n[n+]([O-])nc1-c1ccccc1. The van der Waals surface area contributed by atoms with Crippen LogP contribution in [-0.4, -0.2) is 27.6 Å². The summed E-state index contributed by atoms with van der Waals surface area (Å²) >= 11 is 0. The van der Waals surface area contributed by atoms with Crippen molar-refractivity contribution in [2.45, 2.75) is 13.5 Å². The lowest BCUT2D eigenvalue weighted by Crippen LogP contribution is -2.32. The maximum absolute atomic E-state index is 11.4. The van der Waals surface area contributed by atoms with E-state index in [1.807, 2.05) is 18.2 Å². The summed E-state index contributed by atoms with van der Waals surface area (Å²) in [7, 11) is 0. The van der Waals surface area contributed by atoms with Crippen molar-refractivity contribution >= 4 is 5.97 Å². The average Bonchev–Trinajstić information content (AvgIpc) is 2.71. The Hall–Kier alpha value is -2.44. The molecule has 0 radical (unpaired) electrons. The molecule has 7 nitrogen and oxygen atoms in total. The van der Waals surface area contributed by atoms with Crippen LogP contribution in [0.1, 0.15) is 6.92 Å². The highest BCUT2D eigenvalue weighted by molar-refractivity contribution is 5.70. The van der Waals surface area contributed by atoms with Crippen LogP contribution in [0.4, 0.5) is 0 Å². The molecule has 2 rings (SSSR count). The lowest BCUT2D eigenvalue weighted by Gasteiger charge is -1.98. The summed E-state index contributed by atoms with van der Waals surface area (Å²) in [6.45, 7) is 1.86. The number of hydrogen-bond donors (Lipinski definition) is 0. The smallest absolute Gasteiger partial charge is 0.350 e. The zero-order valence-corrected chi connectivity index (χ0v) is 9.81. The monoisotopic (exact) mass is 248 g/mol. The number of nitrogens with zero attached hydrogens (tertiary/aromatic N) is 4. The van der Waals surface area contributed by atoms with Crippen molar-refractivity contribution < 1.29 is 14.5 Å². The van der Waals surface area contributed by atoms with Gasteiger partial charge in [0.1, 0.15) is 5.21 Å². The Kier molecular flexibility index (Phi) is 3.52. The molecule has 0 bridgehead atoms. The van der Waals surface area contributed by atoms with Gasteiger partial charge in [0.25, 0.3) is 5.82 Å². The summed E-state index contributed by atoms with van der Waals surface area (Å²) < 4.78 is 6.03. The van der Waals surface area contributed by atoms with Gasteiger partial charge in [-0.3, -0.25) is 0 Å². The van der Waals surface area contributed by atoms with E-state index in [9.17, 15) is 10.0 Å². The van der Waals surface area contributed by atoms with Crippen molar-refractivity contribution in [3.05, 3.63) is 35.5 Å². The highest BCUT2D eigenvalue weighted by Gasteiger charge is 2.20. The number of esters is 1. The molecule has 0 aliphatic carbocycles. The molecule has 0 spiro atoms. The van der Waals surface area contributed by atoms with Gasteiger partial charge in [-0.05, 0) is 29.1 Å². The molecule has 0 aliphatic heterocycles. The minimum Gasteiger partial charge on any atom is -0.671 e. The second-order valence-corrected chi connectivity index (χ2v) is 3.49. The van der Waals surface area contributed by atoms with Gasteiger partial charge in [0.05, 0.1) is 6.61 Å². The molecule has 1 aromatic heterocycles. The summed E-state index contributed by atoms with van der Waals surface area (Å²) in [4.78, 5) is 11.6. The highest BCUT2D eigenvalue weighted by Crippen LogP contribution is 2.13. The number of carbonyl (C=O) groups excluding carboxylic acids is 1. The number of aromatic nitrogens is 4. The van der Waals surface area contributed by atoms with E-state index >= 15 is 0 Å². The van der Waals surface area contributed by atoms with Gasteiger partial charge in [-0.25, -0.2) is 4.79 Å². The van der Waals surface area contributed by atoms with E-state index < -0.39 is 5.97 Å². The van der Waals surface area contributed by atoms with Crippen LogP contribution in [0.15, 0.2) is 30.3 Å². The van der Waals surface area contributed by atoms with Crippen molar-refractivity contribution in [3.63, 3.8) is 0 Å². The maximum Gasteiger partial charge on any atom is 0.350 e. The molecule has 1 heterocycles. The molecule has 2 aromatic rings. The first-order chi connectivity index (χ1) is 8.70. The van der Waals surface area contributed by atoms with Gasteiger partial charge in [-0.1, -0.05) is 22.9 Å². The van der Waals surface area contributed by atoms with Gasteiger partial charge < -0.3 is 9.94 Å². The normalized spacial score (nSPS) is 10.3. The van der Waals surface area contributed by atoms with Gasteiger partial charge in [0, 0.05) is 5.56 Å². The third kappa shape index (κ3) is 2.62. The molecule has 0 saturated carbocycles. The fourth-order valence-corrected chi connectivity index (χ4v) is 1.52. The second-order valence-electron chi connectivity index (χ2n) is 3.49. The van der Waals surface area contributed by atoms with Crippen molar-refractivity contribution in [1.29, 1.82) is 0 Å². The molecule has 0 saturated heterocycles. The maximum atomic E-state index is 11.4. The molecular weight excluding hydrogens is 236 g/mol. The van der Waals surface area contributed by atoms with E-state index in [2.05, 4.69) is 10.3 Å². The van der Waals surface area contributed by atoms with Crippen LogP contribution in [0.5, 0.6) is 0 Å². The number of rotatable bonds is 4. The van der Waals surface area contributed by atoms with Crippen LogP contribution in [0.25, 0.3) is 11.4 Å². The summed E-state index contributed by atoms with van der Waals surface area (Å²) in [6.07, 6.45) is 0. The van der Waals surface area contributed by atoms with Crippen LogP contribution in [0.2, 0.25) is 0 Å². The first-order valence-corrected chi connectivity index (χ1v) is 5.46. The first kappa shape index (κ1) is 12.0. The molecule has 0 unspecified atom stereocenters. The minimum atomic E-state index is -0.458. The van der Waals surface area contributed by atoms with Crippen LogP contribution in [-0.2, 0) is 16.1 Å². The largest absolute Gasteiger partial charge is 0.671 e. The Labute approximate surface area is 103 Å². The molecule has 0 atom stereocenters. The van der Waals surface area contributed by atoms with E-state index in [1.54, 1.807) is 19.1 Å². The predicted octanol–water partition coefficient (Wildman–Crippen LogP) is 0.142. The van der Waals surface area contributed by atoms with Crippen LogP contribution < -0.4 is 4.96 Å². The van der Waals surface area contributed by atoms with E-state index in [0.717, 1.165) is 0 Å². The summed E-state index contributed by atoms with van der Waals surface area (Å²) in [5, 5.41) is 18.4. The molecule has 0 fully saturated rings. The molecular formula is C11H12N4O3. The Morgan fingerprint density at radius 3 is 2.83 bits per heavy atom. The predicted molar refractivity (Wildman–Crippen MR) is 61.1 cm³/mol. The van der Waals surface area contributed by atoms with E-state index in [-0.39, 0.29) is 18.1 Å². The zero-order valence-electron chi connectivity index (χ0n) is 9.81. The molecule has 7 heteroatoms. The molecule has 1 aromatic carbocycles. The number of carbonyl (C=O) groups is 1. The van der Waals surface area contributed by atoms with Gasteiger partial charge in [0.15, 0.2) is 0 Å². The van der Waals surface area contributed by atoms with Gasteiger partial charge in [0.2, 0.25) is 6.54 Å². The zero-order chi connectivity index (χ0) is 13.0. The molecule has 18 heavy (non-hydrogen) atoms. The fourth-order valence-electron chi connectivity index (χ4n) is 1.52. The van der Waals surface area contributed by atoms with Gasteiger partial charge >= 0.3 is 5.97 Å². The van der Waals surface area contributed by atoms with E-state index in [0.29, 0.717) is 11.4 Å². The summed E-state index contributed by atoms with van der Waals surface area (Å²) in [5.41, 5.74) is 0.712. The quantitative estimate of drug-likeness (QED) is 0.436. The van der Waals surface area contributed by atoms with Crippen LogP contribution >= 0.6 is 0 Å². The van der Waals surface area contributed by atoms with Crippen LogP contribution in [0.3, 0.4) is 0 Å². The molecule has 0 aliphatic rings. The Bertz CT molecular complexity index is 538. The summed E-state index contributed by atoms with van der Waals surface area (Å²) in [6, 6.07) is 9.04. The number of ether oxygens (including phenoxy) is 1. The lowest BCUT2D eigenvalue weighted by atomic mass is 10.2. The van der Waals surface area contributed by atoms with Crippen molar-refractivity contribution in [2.24, 2.45) is 0 Å². The Balaban J connectivity index is 2.29. The topological polar surface area (TPSA) is 84.0 Å². The fraction of sp³-hybridized carbons (Fsp3) is 0.273. The Morgan fingerprint density at radius 1 is 1.44 bits per heavy atom. The van der Waals surface area contributed by atoms with Crippen molar-refractivity contribution in [2.75, 3.05) is 6.61 Å². The first-order valence-electron chi connectivity index (χ1n) is 5.46. The highest BCUT2D eigenvalue weighted by atomic mass is 16.5. The van der Waals surface area contributed by atoms with Crippen molar-refractivity contribution in [3.8, 4) is 11.4 Å². The molecule has 0 N–H and O–H groups in total. The third-order valence-electron chi connectivity index (χ3n) is 2.23. The molecule has 0 amide bonds. The number of hydrogen-bond acceptors (Lipinski definition) is 5. The number of benzene rings is 1. The van der Waals surface area contributed by atoms with E-state index in [1.165, 1.54) is 4.68 Å². The average molecular weight is 248 g/mol. The van der Waals surface area contributed by atoms with Gasteiger partial charge in [-0.15, -0.1) is 0 Å². The number of tetrazole rings is 1. The minimum absolute atomic E-state index is 0.139. The standard InChI is InChI=1S/C11H12N4O3/c1-2-18-10(16)8-14-11(12-15(17)13-14)9-6-4-3-5-7-9/h3-7H,2,8H2,1H3. The lowest BCUT2D eigenvalue weighted by molar-refractivity contribution is -0.727. The second kappa shape index (κ2) is 5.26. The van der Waals surface area contributed by atoms with E-state index in [4.69, 9.17) is 4.74 Å².